The summed E-state index contributed by atoms with van der Waals surface area (Å²) in [6, 6.07) is 3.30. The molecule has 20 heavy (non-hydrogen) atoms. The number of H-pyrrole nitrogens is 1. The number of hydrogen-bond acceptors (Lipinski definition) is 4. The molecular weight excluding hydrogens is 285 g/mol. The molecule has 1 heterocycles. The number of nitrogens with zero attached hydrogens (tertiary/aromatic N) is 1. The summed E-state index contributed by atoms with van der Waals surface area (Å²) in [5.41, 5.74) is 0.754. The molecule has 0 saturated heterocycles. The van der Waals surface area contributed by atoms with Crippen LogP contribution in [-0.2, 0) is 23.1 Å². The Morgan fingerprint density at radius 2 is 2.20 bits per heavy atom. The van der Waals surface area contributed by atoms with Crippen molar-refractivity contribution >= 4 is 10.0 Å². The summed E-state index contributed by atoms with van der Waals surface area (Å²) in [4.78, 5) is 6.61. The molecule has 0 bridgehead atoms. The molecule has 0 aliphatic rings. The molecule has 0 amide bonds. The third-order valence-electron chi connectivity index (χ3n) is 2.74. The number of hydrogen-bond donors (Lipinski definition) is 3. The zero-order valence-corrected chi connectivity index (χ0v) is 11.3. The molecule has 108 valence electrons. The average molecular weight is 299 g/mol. The van der Waals surface area contributed by atoms with Crippen LogP contribution in [-0.4, -0.2) is 30.0 Å². The number of imidazole rings is 1. The van der Waals surface area contributed by atoms with Gasteiger partial charge in [0.05, 0.1) is 17.8 Å². The van der Waals surface area contributed by atoms with Crippen molar-refractivity contribution in [1.82, 2.24) is 14.7 Å². The van der Waals surface area contributed by atoms with Crippen LogP contribution in [0.25, 0.3) is 0 Å². The molecule has 0 spiro atoms. The highest BCUT2D eigenvalue weighted by atomic mass is 32.2. The number of rotatable bonds is 6. The summed E-state index contributed by atoms with van der Waals surface area (Å²) >= 11 is 0. The molecule has 0 aliphatic carbocycles. The van der Waals surface area contributed by atoms with Gasteiger partial charge in [-0.25, -0.2) is 22.5 Å². The first-order valence-corrected chi connectivity index (χ1v) is 7.37. The Morgan fingerprint density at radius 3 is 2.85 bits per heavy atom. The van der Waals surface area contributed by atoms with E-state index in [1.165, 1.54) is 6.33 Å². The van der Waals surface area contributed by atoms with Crippen LogP contribution in [0.3, 0.4) is 0 Å². The van der Waals surface area contributed by atoms with Crippen LogP contribution in [0.2, 0.25) is 0 Å². The Bertz CT molecular complexity index is 671. The highest BCUT2D eigenvalue weighted by molar-refractivity contribution is 7.89. The molecule has 1 aromatic heterocycles. The Hall–Kier alpha value is -1.77. The second-order valence-corrected chi connectivity index (χ2v) is 5.90. The van der Waals surface area contributed by atoms with Gasteiger partial charge >= 0.3 is 0 Å². The van der Waals surface area contributed by atoms with Gasteiger partial charge < -0.3 is 10.1 Å². The van der Waals surface area contributed by atoms with Crippen molar-refractivity contribution in [2.24, 2.45) is 0 Å². The summed E-state index contributed by atoms with van der Waals surface area (Å²) < 4.78 is 39.6. The normalized spacial score (nSPS) is 11.7. The van der Waals surface area contributed by atoms with Crippen LogP contribution < -0.4 is 4.72 Å². The van der Waals surface area contributed by atoms with E-state index in [1.54, 1.807) is 6.20 Å². The minimum atomic E-state index is -3.72. The van der Waals surface area contributed by atoms with E-state index in [9.17, 15) is 12.8 Å². The summed E-state index contributed by atoms with van der Waals surface area (Å²) in [6.07, 6.45) is 3.58. The fourth-order valence-corrected chi connectivity index (χ4v) is 2.75. The van der Waals surface area contributed by atoms with Crippen LogP contribution in [0.15, 0.2) is 35.6 Å². The predicted octanol–water partition coefficient (Wildman–Crippen LogP) is 0.562. The molecule has 0 atom stereocenters. The molecule has 2 aromatic rings. The number of aliphatic hydroxyl groups excluding tert-OH is 1. The quantitative estimate of drug-likeness (QED) is 0.726. The highest BCUT2D eigenvalue weighted by Crippen LogP contribution is 2.15. The highest BCUT2D eigenvalue weighted by Gasteiger charge is 2.15. The van der Waals surface area contributed by atoms with Gasteiger partial charge in [0.2, 0.25) is 10.0 Å². The minimum absolute atomic E-state index is 0.0542. The number of nitrogens with one attached hydrogen (secondary N) is 2. The number of aromatic amines is 1. The van der Waals surface area contributed by atoms with Crippen LogP contribution in [0, 0.1) is 5.82 Å². The minimum Gasteiger partial charge on any atom is -0.392 e. The van der Waals surface area contributed by atoms with E-state index in [0.717, 1.165) is 23.9 Å². The Balaban J connectivity index is 2.06. The maximum Gasteiger partial charge on any atom is 0.240 e. The molecule has 8 heteroatoms. The standard InChI is InChI=1S/C12H14FN3O3S/c13-12-2-1-11(5-9(12)7-17)20(18,19)16-4-3-10-6-14-8-15-10/h1-2,5-6,8,16-17H,3-4,7H2,(H,14,15). The third-order valence-corrected chi connectivity index (χ3v) is 4.20. The van der Waals surface area contributed by atoms with Crippen molar-refractivity contribution in [1.29, 1.82) is 0 Å². The van der Waals surface area contributed by atoms with E-state index in [2.05, 4.69) is 14.7 Å². The lowest BCUT2D eigenvalue weighted by molar-refractivity contribution is 0.275. The van der Waals surface area contributed by atoms with Gasteiger partial charge in [0.25, 0.3) is 0 Å². The first kappa shape index (κ1) is 14.6. The number of aromatic nitrogens is 2. The number of sulfonamides is 1. The summed E-state index contributed by atoms with van der Waals surface area (Å²) in [5.74, 6) is -0.635. The fourth-order valence-electron chi connectivity index (χ4n) is 1.66. The average Bonchev–Trinajstić information content (AvgIpc) is 2.92. The maximum atomic E-state index is 13.2. The maximum absolute atomic E-state index is 13.2. The van der Waals surface area contributed by atoms with E-state index in [0.29, 0.717) is 6.42 Å². The lowest BCUT2D eigenvalue weighted by atomic mass is 10.2. The van der Waals surface area contributed by atoms with Gasteiger partial charge in [-0.15, -0.1) is 0 Å². The molecule has 1 aromatic carbocycles. The second kappa shape index (κ2) is 6.12. The molecule has 0 aliphatic heterocycles. The molecular formula is C12H14FN3O3S. The molecule has 6 nitrogen and oxygen atoms in total. The molecule has 0 fully saturated rings. The van der Waals surface area contributed by atoms with Gasteiger partial charge in [0.15, 0.2) is 0 Å². The van der Waals surface area contributed by atoms with Crippen molar-refractivity contribution in [2.45, 2.75) is 17.9 Å². The van der Waals surface area contributed by atoms with Crippen LogP contribution in [0.4, 0.5) is 4.39 Å². The first-order chi connectivity index (χ1) is 9.53. The first-order valence-electron chi connectivity index (χ1n) is 5.89. The largest absolute Gasteiger partial charge is 0.392 e. The van der Waals surface area contributed by atoms with Crippen LogP contribution >= 0.6 is 0 Å². The van der Waals surface area contributed by atoms with Crippen molar-refractivity contribution < 1.29 is 17.9 Å². The van der Waals surface area contributed by atoms with Crippen molar-refractivity contribution in [2.75, 3.05) is 6.54 Å². The van der Waals surface area contributed by atoms with E-state index >= 15 is 0 Å². The van der Waals surface area contributed by atoms with Crippen LogP contribution in [0.1, 0.15) is 11.3 Å². The Morgan fingerprint density at radius 1 is 1.40 bits per heavy atom. The summed E-state index contributed by atoms with van der Waals surface area (Å²) in [6.45, 7) is -0.361. The van der Waals surface area contributed by atoms with Crippen molar-refractivity contribution in [3.8, 4) is 0 Å². The molecule has 3 N–H and O–H groups in total. The third kappa shape index (κ3) is 3.41. The summed E-state index contributed by atoms with van der Waals surface area (Å²) in [7, 11) is -3.72. The van der Waals surface area contributed by atoms with E-state index in [-0.39, 0.29) is 17.0 Å². The van der Waals surface area contributed by atoms with Crippen molar-refractivity contribution in [3.05, 3.63) is 47.8 Å². The van der Waals surface area contributed by atoms with Crippen LogP contribution in [0.5, 0.6) is 0 Å². The van der Waals surface area contributed by atoms with Gasteiger partial charge in [-0.3, -0.25) is 0 Å². The van der Waals surface area contributed by atoms with Gasteiger partial charge in [0.1, 0.15) is 5.82 Å². The number of halogens is 1. The Labute approximate surface area is 115 Å². The molecule has 2 rings (SSSR count). The number of aliphatic hydroxyl groups is 1. The van der Waals surface area contributed by atoms with Gasteiger partial charge in [0, 0.05) is 30.4 Å². The second-order valence-electron chi connectivity index (χ2n) is 4.14. The molecule has 0 radical (unpaired) electrons. The molecule has 0 unspecified atom stereocenters. The zero-order valence-electron chi connectivity index (χ0n) is 10.5. The van der Waals surface area contributed by atoms with Gasteiger partial charge in [-0.2, -0.15) is 0 Å². The lowest BCUT2D eigenvalue weighted by Gasteiger charge is -2.08. The topological polar surface area (TPSA) is 95.1 Å². The predicted molar refractivity (Wildman–Crippen MR) is 69.8 cm³/mol. The monoisotopic (exact) mass is 299 g/mol. The van der Waals surface area contributed by atoms with Gasteiger partial charge in [-0.05, 0) is 18.2 Å². The fraction of sp³-hybridized carbons (Fsp3) is 0.250. The Kier molecular flexibility index (Phi) is 4.48. The number of benzene rings is 1. The zero-order chi connectivity index (χ0) is 14.6. The summed E-state index contributed by atoms with van der Waals surface area (Å²) in [5, 5.41) is 8.94. The van der Waals surface area contributed by atoms with Gasteiger partial charge in [-0.1, -0.05) is 0 Å². The van der Waals surface area contributed by atoms with Crippen molar-refractivity contribution in [3.63, 3.8) is 0 Å². The van der Waals surface area contributed by atoms with E-state index < -0.39 is 22.4 Å². The lowest BCUT2D eigenvalue weighted by Crippen LogP contribution is -2.26. The SMILES string of the molecule is O=S(=O)(NCCc1cnc[nH]1)c1ccc(F)c(CO)c1. The molecule has 0 saturated carbocycles. The smallest absolute Gasteiger partial charge is 0.240 e. The van der Waals surface area contributed by atoms with E-state index in [4.69, 9.17) is 5.11 Å². The van der Waals surface area contributed by atoms with E-state index in [1.807, 2.05) is 0 Å².